The number of aromatic nitrogens is 4. The van der Waals surface area contributed by atoms with Crippen molar-refractivity contribution in [3.05, 3.63) is 61.4 Å². The van der Waals surface area contributed by atoms with Crippen molar-refractivity contribution in [2.24, 2.45) is 10.2 Å². The minimum absolute atomic E-state index is 0.0426. The highest BCUT2D eigenvalue weighted by Crippen LogP contribution is 2.19. The fourth-order valence-electron chi connectivity index (χ4n) is 2.76. The van der Waals surface area contributed by atoms with E-state index in [1.165, 1.54) is 4.68 Å². The molecule has 0 saturated carbocycles. The predicted molar refractivity (Wildman–Crippen MR) is 102 cm³/mol. The first-order valence-corrected chi connectivity index (χ1v) is 8.51. The van der Waals surface area contributed by atoms with Crippen LogP contribution in [0, 0.1) is 27.7 Å². The SMILES string of the molecule is Cc1ccc(-n2[nH]c(C)c(N=Nc3c(C)[nH]n(CC(=O)O)c3=O)c2=O)cc1C. The van der Waals surface area contributed by atoms with Gasteiger partial charge in [0.25, 0.3) is 11.1 Å². The van der Waals surface area contributed by atoms with Crippen LogP contribution in [0.25, 0.3) is 5.69 Å². The number of azo groups is 1. The van der Waals surface area contributed by atoms with E-state index in [1.54, 1.807) is 13.8 Å². The Bertz CT molecular complexity index is 1210. The summed E-state index contributed by atoms with van der Waals surface area (Å²) in [5, 5.41) is 22.3. The van der Waals surface area contributed by atoms with Gasteiger partial charge in [0.05, 0.1) is 17.1 Å². The number of carboxylic acids is 1. The molecule has 3 aromatic rings. The van der Waals surface area contributed by atoms with Crippen molar-refractivity contribution in [3.8, 4) is 5.69 Å². The molecule has 146 valence electrons. The average Bonchev–Trinajstić information content (AvgIpc) is 3.04. The van der Waals surface area contributed by atoms with Crippen LogP contribution in [0.15, 0.2) is 38.0 Å². The molecule has 10 heteroatoms. The largest absolute Gasteiger partial charge is 0.480 e. The Labute approximate surface area is 159 Å². The average molecular weight is 384 g/mol. The number of H-pyrrole nitrogens is 2. The molecule has 2 aromatic heterocycles. The molecule has 0 fully saturated rings. The van der Waals surface area contributed by atoms with Gasteiger partial charge >= 0.3 is 5.97 Å². The van der Waals surface area contributed by atoms with Crippen molar-refractivity contribution in [2.45, 2.75) is 34.2 Å². The maximum atomic E-state index is 12.7. The standard InChI is InChI=1S/C18H20N6O4/c1-9-5-6-13(7-10(9)2)24-18(28)16(12(4)22-24)20-19-15-11(3)21-23(17(15)27)8-14(25)26/h5-7,21-22H,8H2,1-4H3,(H,25,26). The summed E-state index contributed by atoms with van der Waals surface area (Å²) in [5.74, 6) is -1.16. The third-order valence-corrected chi connectivity index (χ3v) is 4.44. The zero-order valence-corrected chi connectivity index (χ0v) is 15.9. The van der Waals surface area contributed by atoms with Crippen LogP contribution in [0.4, 0.5) is 11.4 Å². The number of aromatic amines is 2. The molecule has 2 heterocycles. The van der Waals surface area contributed by atoms with Gasteiger partial charge in [-0.2, -0.15) is 0 Å². The van der Waals surface area contributed by atoms with E-state index in [-0.39, 0.29) is 11.4 Å². The van der Waals surface area contributed by atoms with E-state index >= 15 is 0 Å². The van der Waals surface area contributed by atoms with Crippen molar-refractivity contribution >= 4 is 17.3 Å². The topological polar surface area (TPSA) is 138 Å². The zero-order valence-electron chi connectivity index (χ0n) is 15.9. The van der Waals surface area contributed by atoms with Crippen LogP contribution < -0.4 is 11.1 Å². The van der Waals surface area contributed by atoms with Crippen LogP contribution in [0.2, 0.25) is 0 Å². The van der Waals surface area contributed by atoms with E-state index in [4.69, 9.17) is 5.11 Å². The third kappa shape index (κ3) is 3.43. The van der Waals surface area contributed by atoms with Gasteiger partial charge in [-0.3, -0.25) is 24.6 Å². The molecular weight excluding hydrogens is 364 g/mol. The summed E-state index contributed by atoms with van der Waals surface area (Å²) in [6.07, 6.45) is 0. The number of aliphatic carboxylic acids is 1. The van der Waals surface area contributed by atoms with Crippen molar-refractivity contribution in [1.29, 1.82) is 0 Å². The van der Waals surface area contributed by atoms with E-state index in [0.29, 0.717) is 17.1 Å². The molecule has 10 nitrogen and oxygen atoms in total. The van der Waals surface area contributed by atoms with E-state index in [2.05, 4.69) is 20.4 Å². The quantitative estimate of drug-likeness (QED) is 0.581. The Kier molecular flexibility index (Phi) is 4.87. The third-order valence-electron chi connectivity index (χ3n) is 4.44. The number of aryl methyl sites for hydroxylation is 4. The van der Waals surface area contributed by atoms with E-state index in [1.807, 2.05) is 32.0 Å². The summed E-state index contributed by atoms with van der Waals surface area (Å²) >= 11 is 0. The van der Waals surface area contributed by atoms with Crippen molar-refractivity contribution in [2.75, 3.05) is 0 Å². The second kappa shape index (κ2) is 7.14. The first-order valence-electron chi connectivity index (χ1n) is 8.51. The Morgan fingerprint density at radius 2 is 1.57 bits per heavy atom. The summed E-state index contributed by atoms with van der Waals surface area (Å²) < 4.78 is 2.28. The number of rotatable bonds is 5. The lowest BCUT2D eigenvalue weighted by Crippen LogP contribution is -2.21. The highest BCUT2D eigenvalue weighted by molar-refractivity contribution is 5.66. The van der Waals surface area contributed by atoms with Crippen LogP contribution in [-0.2, 0) is 11.3 Å². The van der Waals surface area contributed by atoms with Crippen LogP contribution >= 0.6 is 0 Å². The first kappa shape index (κ1) is 19.1. The molecule has 0 spiro atoms. The van der Waals surface area contributed by atoms with Crippen LogP contribution in [-0.4, -0.2) is 30.6 Å². The van der Waals surface area contributed by atoms with Gasteiger partial charge in [0.15, 0.2) is 11.4 Å². The summed E-state index contributed by atoms with van der Waals surface area (Å²) in [4.78, 5) is 35.8. The molecule has 28 heavy (non-hydrogen) atoms. The summed E-state index contributed by atoms with van der Waals surface area (Å²) in [7, 11) is 0. The maximum Gasteiger partial charge on any atom is 0.325 e. The molecule has 3 N–H and O–H groups in total. The Morgan fingerprint density at radius 1 is 0.964 bits per heavy atom. The van der Waals surface area contributed by atoms with E-state index in [0.717, 1.165) is 15.8 Å². The normalized spacial score (nSPS) is 11.4. The molecular formula is C18H20N6O4. The monoisotopic (exact) mass is 384 g/mol. The smallest absolute Gasteiger partial charge is 0.325 e. The highest BCUT2D eigenvalue weighted by atomic mass is 16.4. The zero-order chi connectivity index (χ0) is 20.6. The molecule has 0 bridgehead atoms. The molecule has 0 radical (unpaired) electrons. The van der Waals surface area contributed by atoms with Crippen molar-refractivity contribution in [1.82, 2.24) is 19.6 Å². The molecule has 0 aliphatic rings. The Morgan fingerprint density at radius 3 is 2.18 bits per heavy atom. The lowest BCUT2D eigenvalue weighted by Gasteiger charge is -2.05. The number of nitrogens with one attached hydrogen (secondary N) is 2. The van der Waals surface area contributed by atoms with Gasteiger partial charge < -0.3 is 5.11 Å². The minimum Gasteiger partial charge on any atom is -0.480 e. The van der Waals surface area contributed by atoms with Gasteiger partial charge in [0.2, 0.25) is 0 Å². The highest BCUT2D eigenvalue weighted by Gasteiger charge is 2.15. The predicted octanol–water partition coefficient (Wildman–Crippen LogP) is 2.39. The molecule has 3 rings (SSSR count). The number of hydrogen-bond acceptors (Lipinski definition) is 5. The summed E-state index contributed by atoms with van der Waals surface area (Å²) in [6.45, 7) is 6.68. The number of hydrogen-bond donors (Lipinski definition) is 3. The van der Waals surface area contributed by atoms with E-state index < -0.39 is 23.6 Å². The molecule has 0 unspecified atom stereocenters. The Hall–Kier alpha value is -3.69. The van der Waals surface area contributed by atoms with Gasteiger partial charge in [0.1, 0.15) is 6.54 Å². The van der Waals surface area contributed by atoms with Crippen molar-refractivity contribution in [3.63, 3.8) is 0 Å². The fraction of sp³-hybridized carbons (Fsp3) is 0.278. The molecule has 0 amide bonds. The van der Waals surface area contributed by atoms with Gasteiger partial charge in [-0.1, -0.05) is 6.07 Å². The lowest BCUT2D eigenvalue weighted by molar-refractivity contribution is -0.137. The number of carbonyl (C=O) groups is 1. The minimum atomic E-state index is -1.16. The number of nitrogens with zero attached hydrogens (tertiary/aromatic N) is 4. The molecule has 0 atom stereocenters. The number of benzene rings is 1. The van der Waals surface area contributed by atoms with E-state index in [9.17, 15) is 14.4 Å². The second-order valence-electron chi connectivity index (χ2n) is 6.56. The lowest BCUT2D eigenvalue weighted by atomic mass is 10.1. The van der Waals surface area contributed by atoms with Crippen LogP contribution in [0.5, 0.6) is 0 Å². The van der Waals surface area contributed by atoms with Crippen molar-refractivity contribution < 1.29 is 9.90 Å². The molecule has 0 aliphatic carbocycles. The summed E-state index contributed by atoms with van der Waals surface area (Å²) in [6, 6.07) is 5.62. The van der Waals surface area contributed by atoms with Gasteiger partial charge in [-0.25, -0.2) is 9.36 Å². The van der Waals surface area contributed by atoms with Gasteiger partial charge in [0, 0.05) is 0 Å². The summed E-state index contributed by atoms with van der Waals surface area (Å²) in [5.41, 5.74) is 2.68. The molecule has 0 saturated heterocycles. The molecule has 1 aromatic carbocycles. The second-order valence-corrected chi connectivity index (χ2v) is 6.56. The Balaban J connectivity index is 2.00. The number of carboxylic acid groups (broad SMARTS) is 1. The maximum absolute atomic E-state index is 12.7. The van der Waals surface area contributed by atoms with Crippen LogP contribution in [0.3, 0.4) is 0 Å². The fourth-order valence-corrected chi connectivity index (χ4v) is 2.76. The van der Waals surface area contributed by atoms with Gasteiger partial charge in [-0.05, 0) is 51.0 Å². The molecule has 0 aliphatic heterocycles. The van der Waals surface area contributed by atoms with Crippen LogP contribution in [0.1, 0.15) is 22.5 Å². The first-order chi connectivity index (χ1) is 13.2. The van der Waals surface area contributed by atoms with Gasteiger partial charge in [-0.15, -0.1) is 10.2 Å².